The number of hydrogen-bond acceptors (Lipinski definition) is 5. The van der Waals surface area contributed by atoms with E-state index in [0.29, 0.717) is 5.56 Å². The Balaban J connectivity index is 1.00. The number of para-hydroxylation sites is 1. The van der Waals surface area contributed by atoms with E-state index in [1.165, 1.54) is 27.8 Å². The second kappa shape index (κ2) is 12.0. The molecule has 5 aromatic carbocycles. The van der Waals surface area contributed by atoms with Gasteiger partial charge >= 0.3 is 0 Å². The number of nitrogens with zero attached hydrogens (tertiary/aromatic N) is 2. The number of pyridine rings is 1. The van der Waals surface area contributed by atoms with Crippen molar-refractivity contribution in [2.75, 3.05) is 5.32 Å². The van der Waals surface area contributed by atoms with Crippen LogP contribution in [0.1, 0.15) is 65.6 Å². The Morgan fingerprint density at radius 3 is 2.31 bits per heavy atom. The summed E-state index contributed by atoms with van der Waals surface area (Å²) in [7, 11) is 0. The molecule has 2 aliphatic rings. The van der Waals surface area contributed by atoms with Crippen LogP contribution in [0.25, 0.3) is 56.0 Å². The van der Waals surface area contributed by atoms with Crippen LogP contribution in [0.4, 0.5) is 5.82 Å². The minimum Gasteiger partial charge on any atom is -0.460 e. The highest BCUT2D eigenvalue weighted by Gasteiger charge is 2.36. The van der Waals surface area contributed by atoms with Gasteiger partial charge in [-0.2, -0.15) is 5.26 Å². The molecule has 0 spiro atoms. The fraction of sp³-hybridized carbons (Fsp3) is 0.130. The van der Waals surface area contributed by atoms with Crippen LogP contribution < -0.4 is 11.1 Å². The number of benzene rings is 5. The number of allylic oxidation sites excluding steroid dienone is 1. The SMILES string of the molecule is CC1(C)c2cc(C#N)ccc2-c2ccc(-c3cccc4c5c(oc34)CCC(c3cccc(C(N)Nc4ccc(-c6ccccc6)cn4)c3)=C5)cc21. The Kier molecular flexibility index (Phi) is 7.24. The molecule has 7 aromatic rings. The number of hydrogen-bond donors (Lipinski definition) is 2. The van der Waals surface area contributed by atoms with Gasteiger partial charge in [0.2, 0.25) is 0 Å². The van der Waals surface area contributed by atoms with Gasteiger partial charge in [-0.25, -0.2) is 4.98 Å². The van der Waals surface area contributed by atoms with E-state index in [0.717, 1.165) is 74.3 Å². The van der Waals surface area contributed by atoms with Gasteiger partial charge in [-0.3, -0.25) is 0 Å². The number of aromatic nitrogens is 1. The quantitative estimate of drug-likeness (QED) is 0.173. The third kappa shape index (κ3) is 5.24. The topological polar surface area (TPSA) is 87.9 Å². The minimum atomic E-state index is -0.407. The molecular formula is C46H36N4O. The molecule has 51 heavy (non-hydrogen) atoms. The summed E-state index contributed by atoms with van der Waals surface area (Å²) in [6.45, 7) is 4.50. The standard InChI is InChI=1S/C46H36N4O/c1-46(2)40-22-28(26-47)14-18-36(40)37-19-15-32(25-41(37)46)35-12-7-13-38-39-24-31(16-20-42(39)51-44(35)38)30-10-6-11-33(23-30)45(48)50-43-21-17-34(27-49-43)29-8-4-3-5-9-29/h3-15,17-19,21-25,27,45H,16,20,48H2,1-2H3,(H,49,50). The zero-order valence-electron chi connectivity index (χ0n) is 28.6. The fourth-order valence-corrected chi connectivity index (χ4v) is 7.91. The molecule has 246 valence electrons. The van der Waals surface area contributed by atoms with Gasteiger partial charge in [0.25, 0.3) is 0 Å². The van der Waals surface area contributed by atoms with E-state index in [9.17, 15) is 5.26 Å². The van der Waals surface area contributed by atoms with Crippen LogP contribution in [0.15, 0.2) is 132 Å². The molecule has 1 unspecified atom stereocenters. The van der Waals surface area contributed by atoms with Gasteiger partial charge in [0.1, 0.15) is 23.3 Å². The highest BCUT2D eigenvalue weighted by molar-refractivity contribution is 6.02. The van der Waals surface area contributed by atoms with Crippen molar-refractivity contribution in [2.24, 2.45) is 5.73 Å². The number of nitriles is 1. The molecule has 5 heteroatoms. The number of anilines is 1. The third-order valence-corrected chi connectivity index (χ3v) is 10.7. The van der Waals surface area contributed by atoms with Crippen LogP contribution in [0.2, 0.25) is 0 Å². The van der Waals surface area contributed by atoms with Crippen LogP contribution in [0, 0.1) is 11.3 Å². The predicted octanol–water partition coefficient (Wildman–Crippen LogP) is 10.9. The van der Waals surface area contributed by atoms with Crippen molar-refractivity contribution in [3.8, 4) is 39.4 Å². The lowest BCUT2D eigenvalue weighted by atomic mass is 9.81. The van der Waals surface area contributed by atoms with Gasteiger partial charge in [0.05, 0.1) is 11.6 Å². The van der Waals surface area contributed by atoms with Crippen molar-refractivity contribution in [1.82, 2.24) is 4.98 Å². The lowest BCUT2D eigenvalue weighted by molar-refractivity contribution is 0.548. The summed E-state index contributed by atoms with van der Waals surface area (Å²) in [6.07, 6.45) is 5.48. The fourth-order valence-electron chi connectivity index (χ4n) is 7.91. The van der Waals surface area contributed by atoms with Gasteiger partial charge < -0.3 is 15.5 Å². The lowest BCUT2D eigenvalue weighted by Gasteiger charge is -2.22. The van der Waals surface area contributed by atoms with Gasteiger partial charge in [-0.05, 0) is 99.0 Å². The predicted molar refractivity (Wildman–Crippen MR) is 207 cm³/mol. The van der Waals surface area contributed by atoms with E-state index in [1.807, 2.05) is 42.6 Å². The third-order valence-electron chi connectivity index (χ3n) is 10.7. The van der Waals surface area contributed by atoms with Crippen LogP contribution in [-0.2, 0) is 11.8 Å². The maximum atomic E-state index is 9.55. The number of nitrogens with two attached hydrogens (primary N) is 1. The van der Waals surface area contributed by atoms with Crippen LogP contribution >= 0.6 is 0 Å². The Morgan fingerprint density at radius 2 is 1.51 bits per heavy atom. The van der Waals surface area contributed by atoms with Crippen molar-refractivity contribution >= 4 is 28.4 Å². The molecule has 9 rings (SSSR count). The van der Waals surface area contributed by atoms with Crippen LogP contribution in [-0.4, -0.2) is 4.98 Å². The van der Waals surface area contributed by atoms with E-state index in [1.54, 1.807) is 0 Å². The molecule has 2 aliphatic carbocycles. The Hall–Kier alpha value is -6.22. The van der Waals surface area contributed by atoms with E-state index in [4.69, 9.17) is 10.2 Å². The average Bonchev–Trinajstić information content (AvgIpc) is 3.66. The first kappa shape index (κ1) is 30.8. The van der Waals surface area contributed by atoms with Crippen molar-refractivity contribution in [3.63, 3.8) is 0 Å². The summed E-state index contributed by atoms with van der Waals surface area (Å²) in [5.41, 5.74) is 22.0. The van der Waals surface area contributed by atoms with Gasteiger partial charge in [-0.1, -0.05) is 98.8 Å². The van der Waals surface area contributed by atoms with Crippen LogP contribution in [0.5, 0.6) is 0 Å². The summed E-state index contributed by atoms with van der Waals surface area (Å²) in [4.78, 5) is 4.63. The summed E-state index contributed by atoms with van der Waals surface area (Å²) in [5.74, 6) is 1.76. The minimum absolute atomic E-state index is 0.211. The lowest BCUT2D eigenvalue weighted by Crippen LogP contribution is -2.20. The molecule has 0 radical (unpaired) electrons. The molecule has 5 nitrogen and oxygen atoms in total. The second-order valence-electron chi connectivity index (χ2n) is 14.1. The number of furan rings is 1. The molecule has 0 amide bonds. The highest BCUT2D eigenvalue weighted by atomic mass is 16.3. The van der Waals surface area contributed by atoms with E-state index in [-0.39, 0.29) is 5.41 Å². The van der Waals surface area contributed by atoms with Crippen molar-refractivity contribution in [3.05, 3.63) is 167 Å². The number of fused-ring (bicyclic) bond motifs is 6. The number of rotatable bonds is 6. The maximum Gasteiger partial charge on any atom is 0.142 e. The molecule has 0 aliphatic heterocycles. The normalized spacial score (nSPS) is 14.6. The van der Waals surface area contributed by atoms with Gasteiger partial charge in [-0.15, -0.1) is 0 Å². The molecule has 0 saturated carbocycles. The Labute approximate surface area is 297 Å². The molecule has 2 aromatic heterocycles. The molecular weight excluding hydrogens is 625 g/mol. The highest BCUT2D eigenvalue weighted by Crippen LogP contribution is 2.50. The van der Waals surface area contributed by atoms with E-state index in [2.05, 4.69) is 121 Å². The summed E-state index contributed by atoms with van der Waals surface area (Å²) in [5, 5.41) is 14.0. The van der Waals surface area contributed by atoms with Crippen molar-refractivity contribution < 1.29 is 4.42 Å². The number of aryl methyl sites for hydroxylation is 1. The van der Waals surface area contributed by atoms with Gasteiger partial charge in [0, 0.05) is 40.1 Å². The molecule has 2 heterocycles. The van der Waals surface area contributed by atoms with Crippen molar-refractivity contribution in [2.45, 2.75) is 38.3 Å². The first-order valence-electron chi connectivity index (χ1n) is 17.5. The molecule has 1 atom stereocenters. The second-order valence-corrected chi connectivity index (χ2v) is 14.1. The van der Waals surface area contributed by atoms with Crippen LogP contribution in [0.3, 0.4) is 0 Å². The summed E-state index contributed by atoms with van der Waals surface area (Å²) >= 11 is 0. The first-order chi connectivity index (χ1) is 24.9. The number of nitrogens with one attached hydrogen (secondary N) is 1. The average molecular weight is 661 g/mol. The zero-order valence-corrected chi connectivity index (χ0v) is 28.6. The Bertz CT molecular complexity index is 2550. The molecule has 0 saturated heterocycles. The summed E-state index contributed by atoms with van der Waals surface area (Å²) in [6, 6.07) is 44.3. The summed E-state index contributed by atoms with van der Waals surface area (Å²) < 4.78 is 6.67. The maximum absolute atomic E-state index is 9.55. The molecule has 0 fully saturated rings. The van der Waals surface area contributed by atoms with E-state index >= 15 is 0 Å². The zero-order chi connectivity index (χ0) is 34.7. The monoisotopic (exact) mass is 660 g/mol. The smallest absolute Gasteiger partial charge is 0.142 e. The van der Waals surface area contributed by atoms with E-state index < -0.39 is 6.17 Å². The first-order valence-corrected chi connectivity index (χ1v) is 17.5. The largest absolute Gasteiger partial charge is 0.460 e. The molecule has 0 bridgehead atoms. The Morgan fingerprint density at radius 1 is 0.745 bits per heavy atom. The molecule has 3 N–H and O–H groups in total. The van der Waals surface area contributed by atoms with Crippen molar-refractivity contribution in [1.29, 1.82) is 5.26 Å². The van der Waals surface area contributed by atoms with Gasteiger partial charge in [0.15, 0.2) is 0 Å².